The topological polar surface area (TPSA) is 0 Å². The van der Waals surface area contributed by atoms with Gasteiger partial charge < -0.3 is 0 Å². The van der Waals surface area contributed by atoms with Gasteiger partial charge in [0.1, 0.15) is 0 Å². The van der Waals surface area contributed by atoms with Crippen molar-refractivity contribution in [3.05, 3.63) is 34.5 Å². The molecule has 1 aliphatic carbocycles. The molecule has 1 aliphatic rings. The van der Waals surface area contributed by atoms with Crippen molar-refractivity contribution >= 4 is 11.3 Å². The average molecular weight is 164 g/mol. The average Bonchev–Trinajstić information content (AvgIpc) is 2.58. The third-order valence-corrected chi connectivity index (χ3v) is 3.25. The summed E-state index contributed by atoms with van der Waals surface area (Å²) in [7, 11) is 0. The number of thiophene rings is 1. The number of rotatable bonds is 1. The predicted molar refractivity (Wildman–Crippen MR) is 50.1 cm³/mol. The predicted octanol–water partition coefficient (Wildman–Crippen LogP) is 3.57. The van der Waals surface area contributed by atoms with E-state index in [1.807, 2.05) is 11.3 Å². The summed E-state index contributed by atoms with van der Waals surface area (Å²) in [6, 6.07) is 4.41. The molecule has 0 nitrogen and oxygen atoms in total. The minimum atomic E-state index is 0.819. The lowest BCUT2D eigenvalue weighted by molar-refractivity contribution is 0.627. The lowest BCUT2D eigenvalue weighted by Crippen LogP contribution is -1.97. The van der Waals surface area contributed by atoms with E-state index in [-0.39, 0.29) is 0 Å². The zero-order valence-electron chi connectivity index (χ0n) is 6.49. The van der Waals surface area contributed by atoms with Crippen LogP contribution in [0.4, 0.5) is 0 Å². The highest BCUT2D eigenvalue weighted by molar-refractivity contribution is 7.10. The van der Waals surface area contributed by atoms with Crippen LogP contribution in [0.2, 0.25) is 0 Å². The number of hydrogen-bond donors (Lipinski definition) is 0. The van der Waals surface area contributed by atoms with Gasteiger partial charge in [-0.1, -0.05) is 18.2 Å². The highest BCUT2D eigenvalue weighted by Crippen LogP contribution is 2.31. The standard InChI is InChI=1S/C10H12S/c1-2-5-9(6-3-1)10-7-4-8-11-10/h1-2,4,7-9H,3,5-6H2/t9-/m0/s1. The van der Waals surface area contributed by atoms with E-state index < -0.39 is 0 Å². The van der Waals surface area contributed by atoms with Crippen LogP contribution in [0.25, 0.3) is 0 Å². The maximum atomic E-state index is 2.31. The van der Waals surface area contributed by atoms with Gasteiger partial charge in [-0.15, -0.1) is 11.3 Å². The molecule has 1 heteroatoms. The molecule has 0 spiro atoms. The van der Waals surface area contributed by atoms with Crippen LogP contribution in [0.15, 0.2) is 29.7 Å². The van der Waals surface area contributed by atoms with Crippen LogP contribution in [0, 0.1) is 0 Å². The highest BCUT2D eigenvalue weighted by atomic mass is 32.1. The molecule has 0 saturated heterocycles. The van der Waals surface area contributed by atoms with Crippen LogP contribution in [0.5, 0.6) is 0 Å². The van der Waals surface area contributed by atoms with Gasteiger partial charge in [0.15, 0.2) is 0 Å². The van der Waals surface area contributed by atoms with Gasteiger partial charge in [0.05, 0.1) is 0 Å². The van der Waals surface area contributed by atoms with Gasteiger partial charge in [-0.05, 0) is 36.6 Å². The van der Waals surface area contributed by atoms with Crippen molar-refractivity contribution in [3.8, 4) is 0 Å². The van der Waals surface area contributed by atoms with E-state index in [1.165, 1.54) is 19.3 Å². The molecular weight excluding hydrogens is 152 g/mol. The summed E-state index contributed by atoms with van der Waals surface area (Å²) < 4.78 is 0. The first-order valence-electron chi connectivity index (χ1n) is 4.15. The zero-order valence-corrected chi connectivity index (χ0v) is 7.31. The summed E-state index contributed by atoms with van der Waals surface area (Å²) in [5.41, 5.74) is 0. The molecule has 58 valence electrons. The molecule has 0 aromatic carbocycles. The Morgan fingerprint density at radius 3 is 3.00 bits per heavy atom. The molecule has 0 aliphatic heterocycles. The lowest BCUT2D eigenvalue weighted by atomic mass is 9.93. The lowest BCUT2D eigenvalue weighted by Gasteiger charge is -2.15. The minimum Gasteiger partial charge on any atom is -0.149 e. The third-order valence-electron chi connectivity index (χ3n) is 2.21. The molecule has 1 aromatic rings. The van der Waals surface area contributed by atoms with Crippen molar-refractivity contribution in [2.24, 2.45) is 0 Å². The molecule has 0 bridgehead atoms. The van der Waals surface area contributed by atoms with E-state index in [9.17, 15) is 0 Å². The molecule has 0 unspecified atom stereocenters. The largest absolute Gasteiger partial charge is 0.149 e. The van der Waals surface area contributed by atoms with Crippen LogP contribution in [-0.4, -0.2) is 0 Å². The Bertz CT molecular complexity index is 233. The summed E-state index contributed by atoms with van der Waals surface area (Å²) in [4.78, 5) is 1.56. The third kappa shape index (κ3) is 1.54. The van der Waals surface area contributed by atoms with E-state index in [0.29, 0.717) is 0 Å². The summed E-state index contributed by atoms with van der Waals surface area (Å²) in [5, 5.41) is 2.17. The maximum absolute atomic E-state index is 2.31. The Hall–Kier alpha value is -0.560. The van der Waals surface area contributed by atoms with Gasteiger partial charge in [0.25, 0.3) is 0 Å². The van der Waals surface area contributed by atoms with E-state index in [2.05, 4.69) is 29.7 Å². The van der Waals surface area contributed by atoms with Crippen molar-refractivity contribution in [1.29, 1.82) is 0 Å². The molecular formula is C10H12S. The number of allylic oxidation sites excluding steroid dienone is 2. The summed E-state index contributed by atoms with van der Waals surface area (Å²) >= 11 is 1.90. The van der Waals surface area contributed by atoms with Crippen molar-refractivity contribution < 1.29 is 0 Å². The normalized spacial score (nSPS) is 23.8. The zero-order chi connectivity index (χ0) is 7.52. The summed E-state index contributed by atoms with van der Waals surface area (Å²) in [6.45, 7) is 0. The summed E-state index contributed by atoms with van der Waals surface area (Å²) in [6.07, 6.45) is 8.47. The fourth-order valence-electron chi connectivity index (χ4n) is 1.58. The van der Waals surface area contributed by atoms with Gasteiger partial charge >= 0.3 is 0 Å². The van der Waals surface area contributed by atoms with Crippen LogP contribution in [0.1, 0.15) is 30.1 Å². The van der Waals surface area contributed by atoms with Crippen molar-refractivity contribution in [1.82, 2.24) is 0 Å². The first-order chi connectivity index (χ1) is 5.47. The Balaban J connectivity index is 2.11. The Kier molecular flexibility index (Phi) is 2.08. The molecule has 0 radical (unpaired) electrons. The first-order valence-corrected chi connectivity index (χ1v) is 5.03. The van der Waals surface area contributed by atoms with Crippen LogP contribution in [0.3, 0.4) is 0 Å². The monoisotopic (exact) mass is 164 g/mol. The second-order valence-corrected chi connectivity index (χ2v) is 3.98. The van der Waals surface area contributed by atoms with Crippen LogP contribution in [-0.2, 0) is 0 Å². The van der Waals surface area contributed by atoms with Gasteiger partial charge in [-0.25, -0.2) is 0 Å². The molecule has 1 atom stereocenters. The molecule has 0 N–H and O–H groups in total. The molecule has 1 aromatic heterocycles. The molecule has 0 saturated carbocycles. The smallest absolute Gasteiger partial charge is 0.00793 e. The van der Waals surface area contributed by atoms with E-state index in [0.717, 1.165) is 5.92 Å². The Morgan fingerprint density at radius 1 is 1.36 bits per heavy atom. The highest BCUT2D eigenvalue weighted by Gasteiger charge is 2.12. The van der Waals surface area contributed by atoms with Gasteiger partial charge in [-0.3, -0.25) is 0 Å². The second-order valence-electron chi connectivity index (χ2n) is 3.00. The van der Waals surface area contributed by atoms with E-state index in [4.69, 9.17) is 0 Å². The molecule has 11 heavy (non-hydrogen) atoms. The SMILES string of the molecule is C1=CC[C@H](c2cccs2)CC1. The van der Waals surface area contributed by atoms with Crippen molar-refractivity contribution in [2.45, 2.75) is 25.2 Å². The first kappa shape index (κ1) is 7.11. The van der Waals surface area contributed by atoms with Gasteiger partial charge in [0, 0.05) is 4.88 Å². The van der Waals surface area contributed by atoms with Crippen molar-refractivity contribution in [3.63, 3.8) is 0 Å². The molecule has 1 heterocycles. The fourth-order valence-corrected chi connectivity index (χ4v) is 2.45. The van der Waals surface area contributed by atoms with Crippen molar-refractivity contribution in [2.75, 3.05) is 0 Å². The van der Waals surface area contributed by atoms with Gasteiger partial charge in [0.2, 0.25) is 0 Å². The minimum absolute atomic E-state index is 0.819. The fraction of sp³-hybridized carbons (Fsp3) is 0.400. The van der Waals surface area contributed by atoms with Crippen LogP contribution >= 0.6 is 11.3 Å². The van der Waals surface area contributed by atoms with Crippen LogP contribution < -0.4 is 0 Å². The molecule has 2 rings (SSSR count). The van der Waals surface area contributed by atoms with Gasteiger partial charge in [-0.2, -0.15) is 0 Å². The van der Waals surface area contributed by atoms with E-state index in [1.54, 1.807) is 4.88 Å². The second kappa shape index (κ2) is 3.22. The maximum Gasteiger partial charge on any atom is 0.00793 e. The molecule has 0 amide bonds. The van der Waals surface area contributed by atoms with E-state index >= 15 is 0 Å². The Morgan fingerprint density at radius 2 is 2.36 bits per heavy atom. The molecule has 0 fully saturated rings. The quantitative estimate of drug-likeness (QED) is 0.557. The number of hydrogen-bond acceptors (Lipinski definition) is 1. The Labute approximate surface area is 71.6 Å². The summed E-state index contributed by atoms with van der Waals surface area (Å²) in [5.74, 6) is 0.819.